The first-order chi connectivity index (χ1) is 9.15. The van der Waals surface area contributed by atoms with Crippen LogP contribution in [0, 0.1) is 0 Å². The van der Waals surface area contributed by atoms with Crippen LogP contribution in [-0.4, -0.2) is 22.3 Å². The molecule has 0 aliphatic carbocycles. The number of anilines is 1. The summed E-state index contributed by atoms with van der Waals surface area (Å²) in [4.78, 5) is 0. The summed E-state index contributed by atoms with van der Waals surface area (Å²) in [6, 6.07) is 8.33. The molecule has 0 atom stereocenters. The van der Waals surface area contributed by atoms with Gasteiger partial charge in [-0.25, -0.2) is 0 Å². The van der Waals surface area contributed by atoms with Crippen LogP contribution in [0.5, 0.6) is 0 Å². The Bertz CT molecular complexity index is 458. The van der Waals surface area contributed by atoms with Gasteiger partial charge in [0.05, 0.1) is 0 Å². The Labute approximate surface area is 124 Å². The van der Waals surface area contributed by atoms with Gasteiger partial charge in [0.25, 0.3) is 0 Å². The highest BCUT2D eigenvalue weighted by molar-refractivity contribution is 8.00. The van der Waals surface area contributed by atoms with Gasteiger partial charge in [0.15, 0.2) is 5.11 Å². The van der Waals surface area contributed by atoms with Gasteiger partial charge in [0.2, 0.25) is 0 Å². The smallest absolute Gasteiger partial charge is 0.191 e. The highest BCUT2D eigenvalue weighted by Crippen LogP contribution is 2.17. The van der Waals surface area contributed by atoms with E-state index in [1.165, 1.54) is 11.3 Å². The average Bonchev–Trinajstić information content (AvgIpc) is 2.90. The molecule has 2 rings (SSSR count). The van der Waals surface area contributed by atoms with E-state index in [4.69, 9.17) is 12.2 Å². The fourth-order valence-electron chi connectivity index (χ4n) is 1.78. The van der Waals surface area contributed by atoms with Crippen molar-refractivity contribution in [2.45, 2.75) is 26.2 Å². The minimum absolute atomic E-state index is 0.543. The van der Waals surface area contributed by atoms with Crippen LogP contribution in [0.1, 0.15) is 31.7 Å². The fourth-order valence-corrected chi connectivity index (χ4v) is 2.91. The molecule has 1 saturated heterocycles. The van der Waals surface area contributed by atoms with Gasteiger partial charge in [-0.15, -0.1) is 0 Å². The molecule has 2 N–H and O–H groups in total. The first-order valence-corrected chi connectivity index (χ1v) is 8.01. The highest BCUT2D eigenvalue weighted by atomic mass is 32.2. The molecule has 1 aromatic carbocycles. The van der Waals surface area contributed by atoms with E-state index in [1.807, 2.05) is 23.9 Å². The molecule has 0 bridgehead atoms. The van der Waals surface area contributed by atoms with Crippen LogP contribution in [0.3, 0.4) is 0 Å². The summed E-state index contributed by atoms with van der Waals surface area (Å²) in [6.45, 7) is 4.37. The van der Waals surface area contributed by atoms with Crippen molar-refractivity contribution in [3.05, 3.63) is 29.8 Å². The largest absolute Gasteiger partial charge is 0.331 e. The quantitative estimate of drug-likeness (QED) is 0.659. The van der Waals surface area contributed by atoms with E-state index < -0.39 is 0 Å². The lowest BCUT2D eigenvalue weighted by atomic mass is 10.0. The molecular formula is C14H19N3S2. The normalized spacial score (nSPS) is 16.9. The molecule has 3 nitrogen and oxygen atoms in total. The van der Waals surface area contributed by atoms with E-state index in [0.29, 0.717) is 11.0 Å². The van der Waals surface area contributed by atoms with E-state index in [0.717, 1.165) is 23.6 Å². The SMILES string of the molecule is CC(C)c1ccc(NC(=S)N/N=C2\CCSC2)cc1. The van der Waals surface area contributed by atoms with Crippen LogP contribution in [0.15, 0.2) is 29.4 Å². The zero-order valence-corrected chi connectivity index (χ0v) is 12.9. The number of benzene rings is 1. The van der Waals surface area contributed by atoms with Crippen molar-refractivity contribution in [2.75, 3.05) is 16.8 Å². The van der Waals surface area contributed by atoms with Gasteiger partial charge in [-0.1, -0.05) is 26.0 Å². The Hall–Kier alpha value is -1.07. The summed E-state index contributed by atoms with van der Waals surface area (Å²) in [5, 5.41) is 7.99. The Kier molecular flexibility index (Phi) is 5.22. The number of nitrogens with zero attached hydrogens (tertiary/aromatic N) is 1. The second-order valence-corrected chi connectivity index (χ2v) is 6.34. The van der Waals surface area contributed by atoms with Crippen LogP contribution >= 0.6 is 24.0 Å². The second kappa shape index (κ2) is 6.91. The third kappa shape index (κ3) is 4.51. The molecule has 1 aromatic rings. The Morgan fingerprint density at radius 3 is 2.63 bits per heavy atom. The van der Waals surface area contributed by atoms with Crippen molar-refractivity contribution in [1.82, 2.24) is 5.43 Å². The summed E-state index contributed by atoms with van der Waals surface area (Å²) in [7, 11) is 0. The first kappa shape index (κ1) is 14.3. The second-order valence-electron chi connectivity index (χ2n) is 4.82. The Morgan fingerprint density at radius 2 is 2.05 bits per heavy atom. The van der Waals surface area contributed by atoms with Gasteiger partial charge >= 0.3 is 0 Å². The van der Waals surface area contributed by atoms with E-state index in [1.54, 1.807) is 0 Å². The Balaban J connectivity index is 1.86. The van der Waals surface area contributed by atoms with E-state index >= 15 is 0 Å². The zero-order valence-electron chi connectivity index (χ0n) is 11.3. The molecule has 0 unspecified atom stereocenters. The number of thioether (sulfide) groups is 1. The van der Waals surface area contributed by atoms with E-state index in [-0.39, 0.29) is 0 Å². The van der Waals surface area contributed by atoms with Crippen molar-refractivity contribution in [3.63, 3.8) is 0 Å². The van der Waals surface area contributed by atoms with E-state index in [9.17, 15) is 0 Å². The topological polar surface area (TPSA) is 36.4 Å². The fraction of sp³-hybridized carbons (Fsp3) is 0.429. The molecule has 1 fully saturated rings. The number of rotatable bonds is 3. The number of thiocarbonyl (C=S) groups is 1. The third-order valence-electron chi connectivity index (χ3n) is 2.95. The minimum atomic E-state index is 0.543. The number of nitrogens with one attached hydrogen (secondary N) is 2. The molecule has 0 radical (unpaired) electrons. The molecule has 1 heterocycles. The summed E-state index contributed by atoms with van der Waals surface area (Å²) < 4.78 is 0. The van der Waals surface area contributed by atoms with E-state index in [2.05, 4.69) is 41.8 Å². The van der Waals surface area contributed by atoms with Crippen LogP contribution in [0.4, 0.5) is 5.69 Å². The lowest BCUT2D eigenvalue weighted by Crippen LogP contribution is -2.25. The van der Waals surface area contributed by atoms with Crippen LogP contribution in [0.25, 0.3) is 0 Å². The molecular weight excluding hydrogens is 274 g/mol. The first-order valence-electron chi connectivity index (χ1n) is 6.45. The molecule has 0 spiro atoms. The average molecular weight is 293 g/mol. The van der Waals surface area contributed by atoms with Gasteiger partial charge in [0, 0.05) is 17.2 Å². The summed E-state index contributed by atoms with van der Waals surface area (Å²) >= 11 is 7.13. The molecule has 0 amide bonds. The molecule has 0 saturated carbocycles. The third-order valence-corrected chi connectivity index (χ3v) is 4.18. The van der Waals surface area contributed by atoms with Gasteiger partial charge < -0.3 is 5.32 Å². The van der Waals surface area contributed by atoms with Crippen molar-refractivity contribution < 1.29 is 0 Å². The molecule has 102 valence electrons. The maximum atomic E-state index is 5.22. The van der Waals surface area contributed by atoms with Crippen LogP contribution in [-0.2, 0) is 0 Å². The zero-order chi connectivity index (χ0) is 13.7. The Morgan fingerprint density at radius 1 is 1.32 bits per heavy atom. The number of hydrogen-bond donors (Lipinski definition) is 2. The number of hydrogen-bond acceptors (Lipinski definition) is 3. The van der Waals surface area contributed by atoms with Crippen molar-refractivity contribution in [3.8, 4) is 0 Å². The lowest BCUT2D eigenvalue weighted by Gasteiger charge is -2.09. The standard InChI is InChI=1S/C14H19N3S2/c1-10(2)11-3-5-12(6-4-11)15-14(18)17-16-13-7-8-19-9-13/h3-6,10H,7-9H2,1-2H3,(H2,15,17,18)/b16-13+. The predicted molar refractivity (Wildman–Crippen MR) is 89.3 cm³/mol. The maximum Gasteiger partial charge on any atom is 0.191 e. The highest BCUT2D eigenvalue weighted by Gasteiger charge is 2.08. The monoisotopic (exact) mass is 293 g/mol. The predicted octanol–water partition coefficient (Wildman–Crippen LogP) is 3.59. The maximum absolute atomic E-state index is 5.22. The molecule has 1 aliphatic rings. The summed E-state index contributed by atoms with van der Waals surface area (Å²) in [6.07, 6.45) is 1.06. The van der Waals surface area contributed by atoms with Gasteiger partial charge in [-0.3, -0.25) is 5.43 Å². The van der Waals surface area contributed by atoms with Gasteiger partial charge in [-0.2, -0.15) is 16.9 Å². The van der Waals surface area contributed by atoms with Crippen molar-refractivity contribution >= 4 is 40.5 Å². The summed E-state index contributed by atoms with van der Waals surface area (Å²) in [5.41, 5.74) is 6.41. The summed E-state index contributed by atoms with van der Waals surface area (Å²) in [5.74, 6) is 2.72. The molecule has 0 aromatic heterocycles. The van der Waals surface area contributed by atoms with Crippen molar-refractivity contribution in [1.29, 1.82) is 0 Å². The van der Waals surface area contributed by atoms with Crippen molar-refractivity contribution in [2.24, 2.45) is 5.10 Å². The van der Waals surface area contributed by atoms with Gasteiger partial charge in [0.1, 0.15) is 0 Å². The van der Waals surface area contributed by atoms with Crippen LogP contribution in [0.2, 0.25) is 0 Å². The number of hydrazone groups is 1. The minimum Gasteiger partial charge on any atom is -0.331 e. The van der Waals surface area contributed by atoms with Crippen LogP contribution < -0.4 is 10.7 Å². The van der Waals surface area contributed by atoms with Gasteiger partial charge in [-0.05, 0) is 48.0 Å². The molecule has 5 heteroatoms. The molecule has 19 heavy (non-hydrogen) atoms. The molecule has 1 aliphatic heterocycles. The lowest BCUT2D eigenvalue weighted by molar-refractivity contribution is 0.867.